The summed E-state index contributed by atoms with van der Waals surface area (Å²) in [6.07, 6.45) is 2.60. The molecule has 0 aromatic heterocycles. The van der Waals surface area contributed by atoms with Crippen LogP contribution in [-0.2, 0) is 0 Å². The summed E-state index contributed by atoms with van der Waals surface area (Å²) in [5, 5.41) is 8.80. The zero-order valence-corrected chi connectivity index (χ0v) is 8.29. The van der Waals surface area contributed by atoms with Crippen LogP contribution in [0.15, 0.2) is 0 Å². The molecule has 1 aliphatic rings. The van der Waals surface area contributed by atoms with Gasteiger partial charge >= 0.3 is 0 Å². The van der Waals surface area contributed by atoms with Crippen LogP contribution in [0.25, 0.3) is 0 Å². The maximum Gasteiger partial charge on any atom is 0.0483 e. The first kappa shape index (κ1) is 10.0. The highest BCUT2D eigenvalue weighted by Crippen LogP contribution is 2.16. The summed E-state index contributed by atoms with van der Waals surface area (Å²) in [7, 11) is 0. The fourth-order valence-electron chi connectivity index (χ4n) is 1.58. The molecular formula is C10H21NO. The predicted octanol–water partition coefficient (Wildman–Crippen LogP) is 1.35. The largest absolute Gasteiger partial charge is 0.396 e. The first-order valence-corrected chi connectivity index (χ1v) is 5.09. The molecule has 1 unspecified atom stereocenters. The molecule has 0 aromatic carbocycles. The number of aliphatic hydroxyl groups excluding tert-OH is 1. The summed E-state index contributed by atoms with van der Waals surface area (Å²) >= 11 is 0. The Balaban J connectivity index is 1.96. The van der Waals surface area contributed by atoms with E-state index < -0.39 is 0 Å². The highest BCUT2D eigenvalue weighted by atomic mass is 16.3. The Bertz CT molecular complexity index is 121. The monoisotopic (exact) mass is 171 g/mol. The zero-order valence-electron chi connectivity index (χ0n) is 8.29. The Hall–Kier alpha value is -0.0800. The molecular weight excluding hydrogens is 150 g/mol. The molecule has 2 nitrogen and oxygen atoms in total. The van der Waals surface area contributed by atoms with Crippen molar-refractivity contribution in [3.05, 3.63) is 0 Å². The molecule has 0 amide bonds. The van der Waals surface area contributed by atoms with E-state index in [0.29, 0.717) is 12.5 Å². The first-order valence-electron chi connectivity index (χ1n) is 5.09. The lowest BCUT2D eigenvalue weighted by molar-refractivity contribution is 0.0501. The smallest absolute Gasteiger partial charge is 0.0483 e. The van der Waals surface area contributed by atoms with Crippen molar-refractivity contribution in [2.45, 2.75) is 26.7 Å². The number of aliphatic hydroxyl groups is 1. The van der Waals surface area contributed by atoms with Gasteiger partial charge in [0.1, 0.15) is 0 Å². The van der Waals surface area contributed by atoms with Crippen LogP contribution in [-0.4, -0.2) is 36.2 Å². The van der Waals surface area contributed by atoms with Gasteiger partial charge in [-0.2, -0.15) is 0 Å². The molecule has 0 saturated carbocycles. The normalized spacial score (nSPS) is 22.2. The van der Waals surface area contributed by atoms with Gasteiger partial charge in [-0.15, -0.1) is 0 Å². The minimum atomic E-state index is 0.375. The van der Waals surface area contributed by atoms with E-state index in [0.717, 1.165) is 19.0 Å². The van der Waals surface area contributed by atoms with Gasteiger partial charge < -0.3 is 10.0 Å². The third-order valence-electron chi connectivity index (χ3n) is 2.93. The van der Waals surface area contributed by atoms with E-state index in [2.05, 4.69) is 18.7 Å². The second-order valence-corrected chi connectivity index (χ2v) is 4.11. The summed E-state index contributed by atoms with van der Waals surface area (Å²) in [5.74, 6) is 1.43. The lowest BCUT2D eigenvalue weighted by Gasteiger charge is -2.38. The van der Waals surface area contributed by atoms with Gasteiger partial charge in [0, 0.05) is 25.6 Å². The van der Waals surface area contributed by atoms with Crippen molar-refractivity contribution in [2.75, 3.05) is 26.2 Å². The average molecular weight is 171 g/mol. The van der Waals surface area contributed by atoms with Gasteiger partial charge in [-0.3, -0.25) is 0 Å². The first-order chi connectivity index (χ1) is 5.76. The Morgan fingerprint density at radius 2 is 2.17 bits per heavy atom. The summed E-state index contributed by atoms with van der Waals surface area (Å²) in [6.45, 7) is 8.39. The second-order valence-electron chi connectivity index (χ2n) is 4.11. The van der Waals surface area contributed by atoms with Crippen molar-refractivity contribution in [1.82, 2.24) is 4.90 Å². The molecule has 1 rings (SSSR count). The molecule has 0 aliphatic carbocycles. The molecule has 1 saturated heterocycles. The van der Waals surface area contributed by atoms with Crippen LogP contribution in [0.3, 0.4) is 0 Å². The molecule has 0 bridgehead atoms. The third-order valence-corrected chi connectivity index (χ3v) is 2.93. The van der Waals surface area contributed by atoms with E-state index in [4.69, 9.17) is 5.11 Å². The van der Waals surface area contributed by atoms with Crippen LogP contribution in [0.1, 0.15) is 26.7 Å². The molecule has 0 spiro atoms. The minimum absolute atomic E-state index is 0.375. The fourth-order valence-corrected chi connectivity index (χ4v) is 1.58. The van der Waals surface area contributed by atoms with E-state index in [1.54, 1.807) is 0 Å². The molecule has 1 aliphatic heterocycles. The standard InChI is InChI=1S/C10H21NO/c1-3-9(2)4-5-11-6-10(7-11)8-12/h9-10,12H,3-8H2,1-2H3. The van der Waals surface area contributed by atoms with Crippen LogP contribution < -0.4 is 0 Å². The maximum absolute atomic E-state index is 8.80. The van der Waals surface area contributed by atoms with Crippen LogP contribution in [0, 0.1) is 11.8 Å². The highest BCUT2D eigenvalue weighted by Gasteiger charge is 2.25. The predicted molar refractivity (Wildman–Crippen MR) is 51.1 cm³/mol. The van der Waals surface area contributed by atoms with Crippen LogP contribution in [0.5, 0.6) is 0 Å². The van der Waals surface area contributed by atoms with Gasteiger partial charge in [-0.25, -0.2) is 0 Å². The molecule has 1 N–H and O–H groups in total. The topological polar surface area (TPSA) is 23.5 Å². The third kappa shape index (κ3) is 2.76. The Morgan fingerprint density at radius 1 is 1.50 bits per heavy atom. The van der Waals surface area contributed by atoms with E-state index >= 15 is 0 Å². The van der Waals surface area contributed by atoms with E-state index in [1.165, 1.54) is 19.4 Å². The number of hydrogen-bond donors (Lipinski definition) is 1. The van der Waals surface area contributed by atoms with Crippen molar-refractivity contribution in [3.63, 3.8) is 0 Å². The molecule has 2 heteroatoms. The Labute approximate surface area is 75.6 Å². The SMILES string of the molecule is CCC(C)CCN1CC(CO)C1. The molecule has 0 radical (unpaired) electrons. The molecule has 0 aromatic rings. The Morgan fingerprint density at radius 3 is 2.67 bits per heavy atom. The summed E-state index contributed by atoms with van der Waals surface area (Å²) in [5.41, 5.74) is 0. The lowest BCUT2D eigenvalue weighted by atomic mass is 9.99. The average Bonchev–Trinajstić information content (AvgIpc) is 2.01. The number of nitrogens with zero attached hydrogens (tertiary/aromatic N) is 1. The number of rotatable bonds is 5. The zero-order chi connectivity index (χ0) is 8.97. The van der Waals surface area contributed by atoms with E-state index in [1.807, 2.05) is 0 Å². The Kier molecular flexibility index (Phi) is 4.02. The van der Waals surface area contributed by atoms with Gasteiger partial charge in [0.15, 0.2) is 0 Å². The van der Waals surface area contributed by atoms with Crippen molar-refractivity contribution >= 4 is 0 Å². The van der Waals surface area contributed by atoms with Gasteiger partial charge in [0.2, 0.25) is 0 Å². The maximum atomic E-state index is 8.80. The summed E-state index contributed by atoms with van der Waals surface area (Å²) in [6, 6.07) is 0. The second kappa shape index (κ2) is 4.83. The van der Waals surface area contributed by atoms with Crippen molar-refractivity contribution in [1.29, 1.82) is 0 Å². The van der Waals surface area contributed by atoms with Gasteiger partial charge in [-0.05, 0) is 18.9 Å². The van der Waals surface area contributed by atoms with E-state index in [-0.39, 0.29) is 0 Å². The molecule has 1 atom stereocenters. The quantitative estimate of drug-likeness (QED) is 0.675. The molecule has 1 fully saturated rings. The van der Waals surface area contributed by atoms with E-state index in [9.17, 15) is 0 Å². The van der Waals surface area contributed by atoms with Crippen molar-refractivity contribution in [3.8, 4) is 0 Å². The minimum Gasteiger partial charge on any atom is -0.396 e. The fraction of sp³-hybridized carbons (Fsp3) is 1.00. The molecule has 1 heterocycles. The van der Waals surface area contributed by atoms with Crippen molar-refractivity contribution < 1.29 is 5.11 Å². The van der Waals surface area contributed by atoms with Gasteiger partial charge in [0.25, 0.3) is 0 Å². The van der Waals surface area contributed by atoms with Crippen LogP contribution >= 0.6 is 0 Å². The molecule has 12 heavy (non-hydrogen) atoms. The summed E-state index contributed by atoms with van der Waals surface area (Å²) < 4.78 is 0. The van der Waals surface area contributed by atoms with Crippen molar-refractivity contribution in [2.24, 2.45) is 11.8 Å². The molecule has 72 valence electrons. The summed E-state index contributed by atoms with van der Waals surface area (Å²) in [4.78, 5) is 2.44. The van der Waals surface area contributed by atoms with Gasteiger partial charge in [0.05, 0.1) is 0 Å². The van der Waals surface area contributed by atoms with Crippen LogP contribution in [0.2, 0.25) is 0 Å². The lowest BCUT2D eigenvalue weighted by Crippen LogP contribution is -2.48. The van der Waals surface area contributed by atoms with Crippen LogP contribution in [0.4, 0.5) is 0 Å². The number of likely N-dealkylation sites (tertiary alicyclic amines) is 1. The highest BCUT2D eigenvalue weighted by molar-refractivity contribution is 4.78. The van der Waals surface area contributed by atoms with Gasteiger partial charge in [-0.1, -0.05) is 20.3 Å². The number of hydrogen-bond acceptors (Lipinski definition) is 2.